The van der Waals surface area contributed by atoms with Gasteiger partial charge in [-0.1, -0.05) is 53.9 Å². The summed E-state index contributed by atoms with van der Waals surface area (Å²) in [5, 5.41) is 3.53. The summed E-state index contributed by atoms with van der Waals surface area (Å²) in [7, 11) is -1.35. The second-order valence-corrected chi connectivity index (χ2v) is 12.3. The molecule has 0 aromatic heterocycles. The number of hydrogen-bond acceptors (Lipinski definition) is 6. The van der Waals surface area contributed by atoms with Crippen LogP contribution < -0.4 is 19.1 Å². The monoisotopic (exact) mass is 635 g/mol. The molecule has 0 saturated carbocycles. The van der Waals surface area contributed by atoms with Crippen LogP contribution in [0.5, 0.6) is 11.5 Å². The molecule has 0 spiro atoms. The van der Waals surface area contributed by atoms with E-state index < -0.39 is 28.5 Å². The van der Waals surface area contributed by atoms with E-state index in [2.05, 4.69) is 5.32 Å². The maximum absolute atomic E-state index is 14.1. The van der Waals surface area contributed by atoms with Crippen molar-refractivity contribution in [1.29, 1.82) is 0 Å². The van der Waals surface area contributed by atoms with E-state index in [4.69, 9.17) is 32.7 Å². The molecule has 0 unspecified atom stereocenters. The van der Waals surface area contributed by atoms with Crippen LogP contribution in [0.1, 0.15) is 31.4 Å². The molecule has 9 nitrogen and oxygen atoms in total. The van der Waals surface area contributed by atoms with Crippen molar-refractivity contribution in [3.8, 4) is 11.5 Å². The van der Waals surface area contributed by atoms with Crippen molar-refractivity contribution < 1.29 is 27.5 Å². The Morgan fingerprint density at radius 2 is 1.62 bits per heavy atom. The Labute approximate surface area is 257 Å². The van der Waals surface area contributed by atoms with Crippen molar-refractivity contribution in [2.75, 3.05) is 31.6 Å². The van der Waals surface area contributed by atoms with Crippen LogP contribution in [-0.2, 0) is 26.2 Å². The van der Waals surface area contributed by atoms with Gasteiger partial charge in [0, 0.05) is 29.2 Å². The Balaban J connectivity index is 2.10. The zero-order chi connectivity index (χ0) is 31.0. The van der Waals surface area contributed by atoms with Crippen molar-refractivity contribution >= 4 is 50.7 Å². The zero-order valence-corrected chi connectivity index (χ0v) is 26.5. The van der Waals surface area contributed by atoms with Crippen LogP contribution in [-0.4, -0.2) is 58.5 Å². The molecule has 0 radical (unpaired) electrons. The van der Waals surface area contributed by atoms with E-state index in [0.29, 0.717) is 34.3 Å². The maximum Gasteiger partial charge on any atom is 0.264 e. The predicted octanol–water partition coefficient (Wildman–Crippen LogP) is 5.46. The summed E-state index contributed by atoms with van der Waals surface area (Å²) in [6.07, 6.45) is 0.706. The third kappa shape index (κ3) is 7.87. The van der Waals surface area contributed by atoms with Gasteiger partial charge in [-0.3, -0.25) is 13.9 Å². The minimum Gasteiger partial charge on any atom is -0.493 e. The van der Waals surface area contributed by atoms with Crippen molar-refractivity contribution in [3.05, 3.63) is 81.8 Å². The minimum absolute atomic E-state index is 0.00304. The van der Waals surface area contributed by atoms with Crippen LogP contribution >= 0.6 is 23.2 Å². The number of benzene rings is 3. The lowest BCUT2D eigenvalue weighted by molar-refractivity contribution is -0.139. The lowest BCUT2D eigenvalue weighted by atomic mass is 10.1. The third-order valence-electron chi connectivity index (χ3n) is 6.62. The highest BCUT2D eigenvalue weighted by molar-refractivity contribution is 7.92. The first-order chi connectivity index (χ1) is 19.9. The zero-order valence-electron chi connectivity index (χ0n) is 24.2. The van der Waals surface area contributed by atoms with Gasteiger partial charge in [0.2, 0.25) is 11.8 Å². The number of carbonyl (C=O) groups excluding carboxylic acids is 2. The summed E-state index contributed by atoms with van der Waals surface area (Å²) < 4.78 is 39.8. The Morgan fingerprint density at radius 1 is 0.952 bits per heavy atom. The molecule has 0 heterocycles. The number of methoxy groups -OCH3 is 2. The highest BCUT2D eigenvalue weighted by Crippen LogP contribution is 2.34. The Kier molecular flexibility index (Phi) is 11.5. The number of rotatable bonds is 13. The fraction of sp³-hybridized carbons (Fsp3) is 0.333. The number of nitrogens with one attached hydrogen (secondary N) is 1. The molecule has 1 N–H and O–H groups in total. The van der Waals surface area contributed by atoms with Gasteiger partial charge in [0.25, 0.3) is 10.0 Å². The Morgan fingerprint density at radius 3 is 2.21 bits per heavy atom. The molecule has 1 atom stereocenters. The molecule has 0 fully saturated rings. The van der Waals surface area contributed by atoms with Gasteiger partial charge in [-0.15, -0.1) is 0 Å². The van der Waals surface area contributed by atoms with Crippen LogP contribution in [0.3, 0.4) is 0 Å². The minimum atomic E-state index is -4.25. The number of anilines is 1. The average Bonchev–Trinajstić information content (AvgIpc) is 2.97. The van der Waals surface area contributed by atoms with E-state index in [-0.39, 0.29) is 28.8 Å². The molecule has 0 aliphatic rings. The number of amides is 2. The van der Waals surface area contributed by atoms with Crippen molar-refractivity contribution in [3.63, 3.8) is 0 Å². The number of hydrogen-bond donors (Lipinski definition) is 1. The van der Waals surface area contributed by atoms with Gasteiger partial charge in [0.1, 0.15) is 12.6 Å². The van der Waals surface area contributed by atoms with Gasteiger partial charge < -0.3 is 19.7 Å². The number of ether oxygens (including phenoxy) is 2. The molecule has 3 rings (SSSR count). The standard InChI is InChI=1S/C30H35Cl2N3O6S/c1-6-15-33-30(37)21(3)34(18-22-9-10-23(31)16-26(22)32)29(36)19-35(24-11-14-27(40-4)28(17-24)41-5)42(38,39)25-12-7-20(2)8-13-25/h7-14,16-17,21H,6,15,18-19H2,1-5H3,(H,33,37)/t21-/m0/s1. The van der Waals surface area contributed by atoms with E-state index in [0.717, 1.165) is 9.87 Å². The van der Waals surface area contributed by atoms with Crippen molar-refractivity contribution in [2.45, 2.75) is 44.7 Å². The van der Waals surface area contributed by atoms with E-state index in [9.17, 15) is 18.0 Å². The quantitative estimate of drug-likeness (QED) is 0.267. The van der Waals surface area contributed by atoms with Crippen LogP contribution in [0.2, 0.25) is 10.0 Å². The second kappa shape index (κ2) is 14.6. The molecule has 226 valence electrons. The topological polar surface area (TPSA) is 105 Å². The number of halogens is 2. The summed E-state index contributed by atoms with van der Waals surface area (Å²) in [4.78, 5) is 28.4. The molecule has 2 amide bonds. The summed E-state index contributed by atoms with van der Waals surface area (Å²) >= 11 is 12.5. The van der Waals surface area contributed by atoms with E-state index in [1.165, 1.54) is 43.4 Å². The predicted molar refractivity (Wildman–Crippen MR) is 165 cm³/mol. The van der Waals surface area contributed by atoms with Gasteiger partial charge in [0.05, 0.1) is 24.8 Å². The SMILES string of the molecule is CCCNC(=O)[C@H](C)N(Cc1ccc(Cl)cc1Cl)C(=O)CN(c1ccc(OC)c(OC)c1)S(=O)(=O)c1ccc(C)cc1. The fourth-order valence-corrected chi connectivity index (χ4v) is 6.03. The van der Waals surface area contributed by atoms with Crippen molar-refractivity contribution in [2.24, 2.45) is 0 Å². The average molecular weight is 637 g/mol. The molecule has 12 heteroatoms. The summed E-state index contributed by atoms with van der Waals surface area (Å²) in [6, 6.07) is 14.8. The molecule has 0 bridgehead atoms. The number of carbonyl (C=O) groups is 2. The summed E-state index contributed by atoms with van der Waals surface area (Å²) in [6.45, 7) is 5.10. The normalized spacial score (nSPS) is 11.9. The number of sulfonamides is 1. The highest BCUT2D eigenvalue weighted by atomic mass is 35.5. The smallest absolute Gasteiger partial charge is 0.264 e. The van der Waals surface area contributed by atoms with E-state index >= 15 is 0 Å². The molecular weight excluding hydrogens is 601 g/mol. The van der Waals surface area contributed by atoms with E-state index in [1.807, 2.05) is 13.8 Å². The molecule has 3 aromatic rings. The Bertz CT molecular complexity index is 1520. The molecule has 0 aliphatic heterocycles. The second-order valence-electron chi connectivity index (χ2n) is 9.59. The molecule has 3 aromatic carbocycles. The van der Waals surface area contributed by atoms with Gasteiger partial charge >= 0.3 is 0 Å². The Hall–Kier alpha value is -3.47. The lowest BCUT2D eigenvalue weighted by Crippen LogP contribution is -2.51. The van der Waals surface area contributed by atoms with Crippen LogP contribution in [0, 0.1) is 6.92 Å². The number of nitrogens with zero attached hydrogens (tertiary/aromatic N) is 2. The first-order valence-electron chi connectivity index (χ1n) is 13.3. The highest BCUT2D eigenvalue weighted by Gasteiger charge is 2.33. The van der Waals surface area contributed by atoms with Crippen LogP contribution in [0.4, 0.5) is 5.69 Å². The van der Waals surface area contributed by atoms with Gasteiger partial charge in [-0.05, 0) is 62.2 Å². The molecule has 0 saturated heterocycles. The molecule has 42 heavy (non-hydrogen) atoms. The van der Waals surface area contributed by atoms with Gasteiger partial charge in [-0.2, -0.15) is 0 Å². The fourth-order valence-electron chi connectivity index (χ4n) is 4.16. The van der Waals surface area contributed by atoms with Crippen LogP contribution in [0.25, 0.3) is 0 Å². The van der Waals surface area contributed by atoms with E-state index in [1.54, 1.807) is 43.3 Å². The lowest BCUT2D eigenvalue weighted by Gasteiger charge is -2.32. The van der Waals surface area contributed by atoms with Crippen molar-refractivity contribution in [1.82, 2.24) is 10.2 Å². The molecule has 0 aliphatic carbocycles. The third-order valence-corrected chi connectivity index (χ3v) is 8.99. The van der Waals surface area contributed by atoms with Gasteiger partial charge in [-0.25, -0.2) is 8.42 Å². The van der Waals surface area contributed by atoms with Gasteiger partial charge in [0.15, 0.2) is 11.5 Å². The first kappa shape index (κ1) is 33.0. The maximum atomic E-state index is 14.1. The summed E-state index contributed by atoms with van der Waals surface area (Å²) in [5.41, 5.74) is 1.60. The molecular formula is C30H35Cl2N3O6S. The van der Waals surface area contributed by atoms with Crippen LogP contribution in [0.15, 0.2) is 65.6 Å². The number of aryl methyl sites for hydroxylation is 1. The summed E-state index contributed by atoms with van der Waals surface area (Å²) in [5.74, 6) is -0.330. The first-order valence-corrected chi connectivity index (χ1v) is 15.4. The largest absolute Gasteiger partial charge is 0.493 e.